The summed E-state index contributed by atoms with van der Waals surface area (Å²) < 4.78 is 6.55. The van der Waals surface area contributed by atoms with Gasteiger partial charge in [-0.2, -0.15) is 0 Å². The first-order valence-electron chi connectivity index (χ1n) is 6.34. The third kappa shape index (κ3) is 4.53. The summed E-state index contributed by atoms with van der Waals surface area (Å²) in [4.78, 5) is 10.6. The number of hydrogen-bond donors (Lipinski definition) is 1. The van der Waals surface area contributed by atoms with Crippen LogP contribution in [0.25, 0.3) is 0 Å². The van der Waals surface area contributed by atoms with E-state index < -0.39 is 5.97 Å². The van der Waals surface area contributed by atoms with Crippen molar-refractivity contribution in [1.29, 1.82) is 0 Å². The third-order valence-electron chi connectivity index (χ3n) is 2.98. The van der Waals surface area contributed by atoms with Crippen molar-refractivity contribution in [3.8, 4) is 5.75 Å². The van der Waals surface area contributed by atoms with E-state index in [1.165, 1.54) is 0 Å². The number of rotatable bonds is 5. The molecular formula is C15H21BrO3. The summed E-state index contributed by atoms with van der Waals surface area (Å²) >= 11 is 3.52. The zero-order valence-corrected chi connectivity index (χ0v) is 13.5. The lowest BCUT2D eigenvalue weighted by Crippen LogP contribution is -2.14. The van der Waals surface area contributed by atoms with E-state index in [9.17, 15) is 4.79 Å². The van der Waals surface area contributed by atoms with E-state index in [2.05, 4.69) is 42.8 Å². The fourth-order valence-electron chi connectivity index (χ4n) is 2.06. The Morgan fingerprint density at radius 3 is 2.47 bits per heavy atom. The molecule has 0 fully saturated rings. The second-order valence-electron chi connectivity index (χ2n) is 5.64. The van der Waals surface area contributed by atoms with Crippen LogP contribution in [0.3, 0.4) is 0 Å². The molecule has 0 bridgehead atoms. The van der Waals surface area contributed by atoms with Gasteiger partial charge in [-0.1, -0.05) is 36.7 Å². The smallest absolute Gasteiger partial charge is 0.303 e. The molecule has 4 heteroatoms. The van der Waals surface area contributed by atoms with Gasteiger partial charge in [0.05, 0.1) is 7.11 Å². The maximum Gasteiger partial charge on any atom is 0.303 e. The first kappa shape index (κ1) is 16.0. The van der Waals surface area contributed by atoms with Crippen LogP contribution >= 0.6 is 15.9 Å². The molecule has 0 saturated heterocycles. The Morgan fingerprint density at radius 1 is 1.37 bits per heavy atom. The van der Waals surface area contributed by atoms with Gasteiger partial charge in [0.1, 0.15) is 5.75 Å². The van der Waals surface area contributed by atoms with Gasteiger partial charge in [0.15, 0.2) is 0 Å². The molecule has 0 atom stereocenters. The largest absolute Gasteiger partial charge is 0.496 e. The van der Waals surface area contributed by atoms with Gasteiger partial charge in [0, 0.05) is 16.5 Å². The first-order chi connectivity index (χ1) is 8.75. The molecule has 0 aliphatic rings. The van der Waals surface area contributed by atoms with Gasteiger partial charge in [-0.25, -0.2) is 0 Å². The van der Waals surface area contributed by atoms with Crippen LogP contribution in [0.1, 0.15) is 44.7 Å². The SMILES string of the molecule is COc1c(CCCC(=O)O)cc(Br)cc1C(C)(C)C. The monoisotopic (exact) mass is 328 g/mol. The van der Waals surface area contributed by atoms with Crippen molar-refractivity contribution >= 4 is 21.9 Å². The molecule has 1 aromatic rings. The van der Waals surface area contributed by atoms with E-state index in [-0.39, 0.29) is 11.8 Å². The van der Waals surface area contributed by atoms with Crippen LogP contribution in [0.4, 0.5) is 0 Å². The average molecular weight is 329 g/mol. The Kier molecular flexibility index (Phi) is 5.41. The molecule has 1 aromatic carbocycles. The van der Waals surface area contributed by atoms with E-state index >= 15 is 0 Å². The predicted octanol–water partition coefficient (Wildman–Crippen LogP) is 4.16. The first-order valence-corrected chi connectivity index (χ1v) is 7.13. The molecule has 0 unspecified atom stereocenters. The number of carboxylic acids is 1. The van der Waals surface area contributed by atoms with Crippen molar-refractivity contribution in [2.75, 3.05) is 7.11 Å². The molecule has 0 heterocycles. The summed E-state index contributed by atoms with van der Waals surface area (Å²) in [5.74, 6) is 0.117. The highest BCUT2D eigenvalue weighted by Gasteiger charge is 2.22. The number of aliphatic carboxylic acids is 1. The normalized spacial score (nSPS) is 11.4. The molecule has 3 nitrogen and oxygen atoms in total. The van der Waals surface area contributed by atoms with Crippen molar-refractivity contribution in [2.24, 2.45) is 0 Å². The van der Waals surface area contributed by atoms with Crippen LogP contribution in [0.5, 0.6) is 5.75 Å². The second-order valence-corrected chi connectivity index (χ2v) is 6.56. The Bertz CT molecular complexity index is 461. The van der Waals surface area contributed by atoms with Gasteiger partial charge >= 0.3 is 5.97 Å². The van der Waals surface area contributed by atoms with Gasteiger partial charge in [-0.15, -0.1) is 0 Å². The topological polar surface area (TPSA) is 46.5 Å². The van der Waals surface area contributed by atoms with Crippen molar-refractivity contribution in [2.45, 2.75) is 45.4 Å². The molecule has 0 radical (unpaired) electrons. The predicted molar refractivity (Wildman–Crippen MR) is 80.0 cm³/mol. The minimum absolute atomic E-state index is 0.0172. The average Bonchev–Trinajstić information content (AvgIpc) is 2.26. The molecule has 19 heavy (non-hydrogen) atoms. The number of carboxylic acid groups (broad SMARTS) is 1. The second kappa shape index (κ2) is 6.42. The summed E-state index contributed by atoms with van der Waals surface area (Å²) in [6.45, 7) is 6.41. The quantitative estimate of drug-likeness (QED) is 0.882. The van der Waals surface area contributed by atoms with Crippen LogP contribution in [-0.2, 0) is 16.6 Å². The maximum atomic E-state index is 10.6. The maximum absolute atomic E-state index is 10.6. The molecular weight excluding hydrogens is 308 g/mol. The van der Waals surface area contributed by atoms with Crippen molar-refractivity contribution in [3.05, 3.63) is 27.7 Å². The van der Waals surface area contributed by atoms with Crippen LogP contribution in [0, 0.1) is 0 Å². The van der Waals surface area contributed by atoms with Crippen LogP contribution in [0.2, 0.25) is 0 Å². The molecule has 0 spiro atoms. The molecule has 0 aliphatic carbocycles. The fourth-order valence-corrected chi connectivity index (χ4v) is 2.57. The molecule has 0 aromatic heterocycles. The Labute approximate surface area is 123 Å². The Morgan fingerprint density at radius 2 is 2.00 bits per heavy atom. The van der Waals surface area contributed by atoms with Crippen molar-refractivity contribution in [1.82, 2.24) is 0 Å². The molecule has 0 aliphatic heterocycles. The van der Waals surface area contributed by atoms with E-state index in [4.69, 9.17) is 9.84 Å². The molecule has 1 N–H and O–H groups in total. The highest BCUT2D eigenvalue weighted by Crippen LogP contribution is 2.37. The fraction of sp³-hybridized carbons (Fsp3) is 0.533. The number of halogens is 1. The lowest BCUT2D eigenvalue weighted by molar-refractivity contribution is -0.137. The van der Waals surface area contributed by atoms with Gasteiger partial charge < -0.3 is 9.84 Å². The number of aryl methyl sites for hydroxylation is 1. The summed E-state index contributed by atoms with van der Waals surface area (Å²) in [5, 5.41) is 8.72. The van der Waals surface area contributed by atoms with Gasteiger partial charge in [-0.3, -0.25) is 4.79 Å². The van der Waals surface area contributed by atoms with Gasteiger partial charge in [0.2, 0.25) is 0 Å². The molecule has 1 rings (SSSR count). The Balaban J connectivity index is 3.09. The van der Waals surface area contributed by atoms with Gasteiger partial charge in [-0.05, 0) is 36.0 Å². The summed E-state index contributed by atoms with van der Waals surface area (Å²) in [5.41, 5.74) is 2.18. The number of methoxy groups -OCH3 is 1. The van der Waals surface area contributed by atoms with Crippen LogP contribution in [-0.4, -0.2) is 18.2 Å². The van der Waals surface area contributed by atoms with Crippen molar-refractivity contribution in [3.63, 3.8) is 0 Å². The summed E-state index contributed by atoms with van der Waals surface area (Å²) in [6.07, 6.45) is 1.50. The van der Waals surface area contributed by atoms with Crippen LogP contribution < -0.4 is 4.74 Å². The zero-order chi connectivity index (χ0) is 14.6. The van der Waals surface area contributed by atoms with Crippen molar-refractivity contribution < 1.29 is 14.6 Å². The van der Waals surface area contributed by atoms with E-state index in [1.807, 2.05) is 6.07 Å². The highest BCUT2D eigenvalue weighted by molar-refractivity contribution is 9.10. The Hall–Kier alpha value is -1.03. The van der Waals surface area contributed by atoms with Gasteiger partial charge in [0.25, 0.3) is 0 Å². The molecule has 0 saturated carbocycles. The van der Waals surface area contributed by atoms with E-state index in [0.29, 0.717) is 12.8 Å². The minimum Gasteiger partial charge on any atom is -0.496 e. The highest BCUT2D eigenvalue weighted by atomic mass is 79.9. The molecule has 0 amide bonds. The zero-order valence-electron chi connectivity index (χ0n) is 11.9. The summed E-state index contributed by atoms with van der Waals surface area (Å²) in [7, 11) is 1.67. The lowest BCUT2D eigenvalue weighted by Gasteiger charge is -2.24. The number of ether oxygens (including phenoxy) is 1. The minimum atomic E-state index is -0.759. The van der Waals surface area contributed by atoms with E-state index in [1.54, 1.807) is 7.11 Å². The number of benzene rings is 1. The van der Waals surface area contributed by atoms with E-state index in [0.717, 1.165) is 21.3 Å². The third-order valence-corrected chi connectivity index (χ3v) is 3.44. The number of hydrogen-bond acceptors (Lipinski definition) is 2. The lowest BCUT2D eigenvalue weighted by atomic mass is 9.84. The summed E-state index contributed by atoms with van der Waals surface area (Å²) in [6, 6.07) is 4.08. The van der Waals surface area contributed by atoms with Crippen LogP contribution in [0.15, 0.2) is 16.6 Å². The molecule has 106 valence electrons. The number of carbonyl (C=O) groups is 1. The standard InChI is InChI=1S/C15H21BrO3/c1-15(2,3)12-9-11(16)8-10(14(12)19-4)6-5-7-13(17)18/h8-9H,5-7H2,1-4H3,(H,17,18).